The average Bonchev–Trinajstić information content (AvgIpc) is 2.69. The molecule has 6 heteroatoms. The van der Waals surface area contributed by atoms with E-state index in [1.54, 1.807) is 0 Å². The predicted octanol–water partition coefficient (Wildman–Crippen LogP) is 4.77. The standard InChI is InChI=1S/C24H30N2O3S/c1-17-15-18(2)23(19(3)16-17)26-24(30)25-21(27)12-7-13-22(28)29-14-8-11-20-9-5-4-6-10-20/h4-6,9-10,15-16H,7-8,11-14H2,1-3H3,(H2,25,26,27,30). The quantitative estimate of drug-likeness (QED) is 0.343. The van der Waals surface area contributed by atoms with E-state index in [2.05, 4.69) is 34.9 Å². The Morgan fingerprint density at radius 1 is 0.967 bits per heavy atom. The van der Waals surface area contributed by atoms with Crippen molar-refractivity contribution < 1.29 is 14.3 Å². The van der Waals surface area contributed by atoms with Gasteiger partial charge in [-0.15, -0.1) is 0 Å². The number of nitrogens with one attached hydrogen (secondary N) is 2. The Morgan fingerprint density at radius 2 is 1.63 bits per heavy atom. The van der Waals surface area contributed by atoms with Crippen molar-refractivity contribution in [2.75, 3.05) is 11.9 Å². The Morgan fingerprint density at radius 3 is 2.30 bits per heavy atom. The van der Waals surface area contributed by atoms with E-state index in [1.807, 2.05) is 39.0 Å². The van der Waals surface area contributed by atoms with Crippen LogP contribution in [0.4, 0.5) is 5.69 Å². The number of aryl methyl sites for hydroxylation is 4. The van der Waals surface area contributed by atoms with Gasteiger partial charge in [-0.05, 0) is 68.9 Å². The Balaban J connectivity index is 1.61. The number of ether oxygens (including phenoxy) is 1. The molecule has 0 bridgehead atoms. The average molecular weight is 427 g/mol. The summed E-state index contributed by atoms with van der Waals surface area (Å²) < 4.78 is 5.23. The van der Waals surface area contributed by atoms with Gasteiger partial charge in [0.05, 0.1) is 6.61 Å². The number of hydrogen-bond donors (Lipinski definition) is 2. The highest BCUT2D eigenvalue weighted by Gasteiger charge is 2.10. The lowest BCUT2D eigenvalue weighted by atomic mass is 10.1. The molecular weight excluding hydrogens is 396 g/mol. The summed E-state index contributed by atoms with van der Waals surface area (Å²) in [5.74, 6) is -0.491. The molecule has 5 nitrogen and oxygen atoms in total. The summed E-state index contributed by atoms with van der Waals surface area (Å²) >= 11 is 5.24. The Kier molecular flexibility index (Phi) is 9.48. The summed E-state index contributed by atoms with van der Waals surface area (Å²) in [4.78, 5) is 23.9. The van der Waals surface area contributed by atoms with Crippen LogP contribution in [0, 0.1) is 20.8 Å². The number of esters is 1. The van der Waals surface area contributed by atoms with E-state index >= 15 is 0 Å². The van der Waals surface area contributed by atoms with Crippen molar-refractivity contribution in [3.63, 3.8) is 0 Å². The molecule has 0 radical (unpaired) electrons. The first kappa shape index (κ1) is 23.5. The van der Waals surface area contributed by atoms with E-state index in [9.17, 15) is 9.59 Å². The monoisotopic (exact) mass is 426 g/mol. The van der Waals surface area contributed by atoms with Gasteiger partial charge in [0.1, 0.15) is 0 Å². The number of benzene rings is 2. The lowest BCUT2D eigenvalue weighted by molar-refractivity contribution is -0.143. The molecule has 2 N–H and O–H groups in total. The smallest absolute Gasteiger partial charge is 0.305 e. The number of amides is 1. The van der Waals surface area contributed by atoms with E-state index in [0.29, 0.717) is 13.0 Å². The molecule has 0 spiro atoms. The number of anilines is 1. The fraction of sp³-hybridized carbons (Fsp3) is 0.375. The van der Waals surface area contributed by atoms with Crippen LogP contribution in [0.25, 0.3) is 0 Å². The molecule has 2 aromatic rings. The van der Waals surface area contributed by atoms with Gasteiger partial charge in [0.2, 0.25) is 5.91 Å². The molecule has 0 atom stereocenters. The second kappa shape index (κ2) is 12.1. The zero-order valence-electron chi connectivity index (χ0n) is 17.9. The normalized spacial score (nSPS) is 10.4. The lowest BCUT2D eigenvalue weighted by Crippen LogP contribution is -2.34. The fourth-order valence-corrected chi connectivity index (χ4v) is 3.50. The minimum Gasteiger partial charge on any atom is -0.466 e. The highest BCUT2D eigenvalue weighted by molar-refractivity contribution is 7.80. The van der Waals surface area contributed by atoms with Gasteiger partial charge in [0.25, 0.3) is 0 Å². The SMILES string of the molecule is Cc1cc(C)c(NC(=S)NC(=O)CCCC(=O)OCCCc2ccccc2)c(C)c1. The number of rotatable bonds is 9. The third-order valence-electron chi connectivity index (χ3n) is 4.67. The van der Waals surface area contributed by atoms with Crippen LogP contribution in [0.15, 0.2) is 42.5 Å². The first-order chi connectivity index (χ1) is 14.3. The van der Waals surface area contributed by atoms with E-state index in [1.165, 1.54) is 11.1 Å². The zero-order chi connectivity index (χ0) is 21.9. The fourth-order valence-electron chi connectivity index (χ4n) is 3.28. The molecule has 0 aliphatic heterocycles. The first-order valence-electron chi connectivity index (χ1n) is 10.2. The van der Waals surface area contributed by atoms with Crippen molar-refractivity contribution in [2.45, 2.75) is 52.9 Å². The van der Waals surface area contributed by atoms with Crippen LogP contribution in [0.2, 0.25) is 0 Å². The summed E-state index contributed by atoms with van der Waals surface area (Å²) in [7, 11) is 0. The molecule has 2 rings (SSSR count). The molecule has 0 aliphatic rings. The lowest BCUT2D eigenvalue weighted by Gasteiger charge is -2.15. The highest BCUT2D eigenvalue weighted by Crippen LogP contribution is 2.21. The third kappa shape index (κ3) is 8.33. The van der Waals surface area contributed by atoms with Gasteiger partial charge >= 0.3 is 5.97 Å². The van der Waals surface area contributed by atoms with Crippen molar-refractivity contribution in [3.8, 4) is 0 Å². The second-order valence-corrected chi connectivity index (χ2v) is 7.85. The maximum absolute atomic E-state index is 12.1. The van der Waals surface area contributed by atoms with Crippen molar-refractivity contribution in [1.82, 2.24) is 5.32 Å². The maximum Gasteiger partial charge on any atom is 0.305 e. The Labute approximate surface area is 184 Å². The Hall–Kier alpha value is -2.73. The minimum absolute atomic E-state index is 0.215. The molecule has 0 heterocycles. The number of thiocarbonyl (C=S) groups is 1. The van der Waals surface area contributed by atoms with Crippen molar-refractivity contribution in [2.24, 2.45) is 0 Å². The number of carbonyl (C=O) groups excluding carboxylic acids is 2. The van der Waals surface area contributed by atoms with Crippen LogP contribution >= 0.6 is 12.2 Å². The largest absolute Gasteiger partial charge is 0.466 e. The van der Waals surface area contributed by atoms with Crippen molar-refractivity contribution in [1.29, 1.82) is 0 Å². The molecule has 2 aromatic carbocycles. The summed E-state index contributed by atoms with van der Waals surface area (Å²) in [5.41, 5.74) is 5.45. The van der Waals surface area contributed by atoms with Gasteiger partial charge in [-0.25, -0.2) is 0 Å². The van der Waals surface area contributed by atoms with Crippen molar-refractivity contribution >= 4 is 34.9 Å². The third-order valence-corrected chi connectivity index (χ3v) is 4.87. The van der Waals surface area contributed by atoms with Gasteiger partial charge < -0.3 is 15.4 Å². The van der Waals surface area contributed by atoms with E-state index in [4.69, 9.17) is 17.0 Å². The van der Waals surface area contributed by atoms with Crippen LogP contribution in [0.5, 0.6) is 0 Å². The van der Waals surface area contributed by atoms with Crippen molar-refractivity contribution in [3.05, 3.63) is 64.7 Å². The van der Waals surface area contributed by atoms with Crippen LogP contribution in [0.1, 0.15) is 47.9 Å². The molecule has 0 aromatic heterocycles. The minimum atomic E-state index is -0.275. The first-order valence-corrected chi connectivity index (χ1v) is 10.6. The highest BCUT2D eigenvalue weighted by atomic mass is 32.1. The van der Waals surface area contributed by atoms with Gasteiger partial charge in [-0.3, -0.25) is 9.59 Å². The molecule has 0 saturated carbocycles. The molecular formula is C24H30N2O3S. The van der Waals surface area contributed by atoms with Crippen LogP contribution in [-0.2, 0) is 20.7 Å². The van der Waals surface area contributed by atoms with Gasteiger partial charge in [-0.2, -0.15) is 0 Å². The molecule has 1 amide bonds. The molecule has 0 aliphatic carbocycles. The van der Waals surface area contributed by atoms with E-state index < -0.39 is 0 Å². The molecule has 0 unspecified atom stereocenters. The number of carbonyl (C=O) groups is 2. The summed E-state index contributed by atoms with van der Waals surface area (Å²) in [6.07, 6.45) is 2.52. The van der Waals surface area contributed by atoms with Gasteiger partial charge in [-0.1, -0.05) is 48.0 Å². The summed E-state index contributed by atoms with van der Waals surface area (Å²) in [6.45, 7) is 6.43. The van der Waals surface area contributed by atoms with Crippen LogP contribution in [0.3, 0.4) is 0 Å². The summed E-state index contributed by atoms with van der Waals surface area (Å²) in [5, 5.41) is 6.02. The maximum atomic E-state index is 12.1. The molecule has 30 heavy (non-hydrogen) atoms. The topological polar surface area (TPSA) is 67.4 Å². The van der Waals surface area contributed by atoms with Gasteiger partial charge in [0.15, 0.2) is 5.11 Å². The predicted molar refractivity (Wildman–Crippen MR) is 125 cm³/mol. The molecule has 0 fully saturated rings. The Bertz CT molecular complexity index is 858. The van der Waals surface area contributed by atoms with E-state index in [-0.39, 0.29) is 29.8 Å². The molecule has 160 valence electrons. The van der Waals surface area contributed by atoms with Gasteiger partial charge in [0, 0.05) is 18.5 Å². The molecule has 0 saturated heterocycles. The van der Waals surface area contributed by atoms with E-state index in [0.717, 1.165) is 29.7 Å². The summed E-state index contributed by atoms with van der Waals surface area (Å²) in [6, 6.07) is 14.2. The van der Waals surface area contributed by atoms with Crippen LogP contribution < -0.4 is 10.6 Å². The van der Waals surface area contributed by atoms with Crippen LogP contribution in [-0.4, -0.2) is 23.6 Å². The zero-order valence-corrected chi connectivity index (χ0v) is 18.7. The number of hydrogen-bond acceptors (Lipinski definition) is 4. The second-order valence-electron chi connectivity index (χ2n) is 7.44.